The van der Waals surface area contributed by atoms with E-state index in [4.69, 9.17) is 4.33 Å². The standard InChI is InChI=1S/C16H15N3O3S/c1-19-14-13(10-17-16(18-14)23-22-21-2)9-12(15(19)20)8-11-6-4-3-5-7-11/h3-7,9-10H,8H2,1-2H3. The number of aromatic nitrogens is 3. The Bertz CT molecular complexity index is 881. The summed E-state index contributed by atoms with van der Waals surface area (Å²) in [6, 6.07) is 11.7. The lowest BCUT2D eigenvalue weighted by molar-refractivity contribution is -0.160. The van der Waals surface area contributed by atoms with Crippen LogP contribution in [0.25, 0.3) is 11.0 Å². The van der Waals surface area contributed by atoms with Gasteiger partial charge in [-0.05, 0) is 11.6 Å². The summed E-state index contributed by atoms with van der Waals surface area (Å²) < 4.78 is 6.28. The molecule has 0 amide bonds. The molecule has 0 aliphatic carbocycles. The van der Waals surface area contributed by atoms with Crippen LogP contribution in [0.1, 0.15) is 11.1 Å². The van der Waals surface area contributed by atoms with Crippen LogP contribution in [0.2, 0.25) is 0 Å². The van der Waals surface area contributed by atoms with Crippen molar-refractivity contribution in [2.45, 2.75) is 11.6 Å². The first-order valence-electron chi connectivity index (χ1n) is 6.96. The molecule has 6 nitrogen and oxygen atoms in total. The number of nitrogens with zero attached hydrogens (tertiary/aromatic N) is 3. The molecule has 3 aromatic rings. The van der Waals surface area contributed by atoms with Crippen LogP contribution >= 0.6 is 12.0 Å². The third kappa shape index (κ3) is 3.42. The molecule has 0 N–H and O–H groups in total. The molecule has 0 radical (unpaired) electrons. The molecular weight excluding hydrogens is 314 g/mol. The van der Waals surface area contributed by atoms with Crippen molar-refractivity contribution in [2.75, 3.05) is 7.11 Å². The Balaban J connectivity index is 2.02. The third-order valence-corrected chi connectivity index (χ3v) is 3.96. The van der Waals surface area contributed by atoms with Crippen LogP contribution in [0.3, 0.4) is 0 Å². The molecular formula is C16H15N3O3S. The maximum absolute atomic E-state index is 12.6. The first-order valence-corrected chi connectivity index (χ1v) is 7.70. The molecule has 0 atom stereocenters. The molecule has 2 aromatic heterocycles. The van der Waals surface area contributed by atoms with Gasteiger partial charge in [0, 0.05) is 30.6 Å². The molecule has 3 rings (SSSR count). The molecule has 0 saturated heterocycles. The van der Waals surface area contributed by atoms with E-state index in [-0.39, 0.29) is 5.56 Å². The maximum Gasteiger partial charge on any atom is 0.255 e. The van der Waals surface area contributed by atoms with E-state index in [9.17, 15) is 4.79 Å². The van der Waals surface area contributed by atoms with Crippen molar-refractivity contribution in [3.63, 3.8) is 0 Å². The van der Waals surface area contributed by atoms with Gasteiger partial charge in [-0.3, -0.25) is 9.36 Å². The zero-order valence-electron chi connectivity index (χ0n) is 12.7. The van der Waals surface area contributed by atoms with Crippen molar-refractivity contribution >= 4 is 23.1 Å². The van der Waals surface area contributed by atoms with E-state index < -0.39 is 0 Å². The average molecular weight is 329 g/mol. The highest BCUT2D eigenvalue weighted by atomic mass is 32.2. The van der Waals surface area contributed by atoms with Gasteiger partial charge in [0.25, 0.3) is 5.56 Å². The third-order valence-electron chi connectivity index (χ3n) is 3.41. The Morgan fingerprint density at radius 2 is 2.04 bits per heavy atom. The van der Waals surface area contributed by atoms with Crippen LogP contribution in [-0.4, -0.2) is 21.6 Å². The number of hydrogen-bond donors (Lipinski definition) is 0. The molecule has 0 unspecified atom stereocenters. The fraction of sp³-hybridized carbons (Fsp3) is 0.188. The van der Waals surface area contributed by atoms with Gasteiger partial charge in [-0.1, -0.05) is 30.3 Å². The number of pyridine rings is 1. The van der Waals surface area contributed by atoms with Crippen molar-refractivity contribution in [1.29, 1.82) is 0 Å². The van der Waals surface area contributed by atoms with Crippen molar-refractivity contribution in [1.82, 2.24) is 14.5 Å². The molecule has 7 heteroatoms. The summed E-state index contributed by atoms with van der Waals surface area (Å²) in [5, 5.41) is 1.19. The zero-order chi connectivity index (χ0) is 16.2. The monoisotopic (exact) mass is 329 g/mol. The summed E-state index contributed by atoms with van der Waals surface area (Å²) in [6.07, 6.45) is 2.25. The van der Waals surface area contributed by atoms with Gasteiger partial charge in [0.1, 0.15) is 17.7 Å². The minimum atomic E-state index is -0.0661. The van der Waals surface area contributed by atoms with Crippen molar-refractivity contribution in [3.8, 4) is 0 Å². The lowest BCUT2D eigenvalue weighted by Crippen LogP contribution is -2.22. The van der Waals surface area contributed by atoms with Crippen LogP contribution in [-0.2, 0) is 22.7 Å². The summed E-state index contributed by atoms with van der Waals surface area (Å²) in [5.74, 6) is 0. The summed E-state index contributed by atoms with van der Waals surface area (Å²) in [5.41, 5.74) is 2.29. The lowest BCUT2D eigenvalue weighted by atomic mass is 10.1. The number of hydrogen-bond acceptors (Lipinski definition) is 6. The smallest absolute Gasteiger partial charge is 0.255 e. The van der Waals surface area contributed by atoms with Gasteiger partial charge in [0.2, 0.25) is 5.16 Å². The van der Waals surface area contributed by atoms with Crippen LogP contribution in [0.15, 0.2) is 52.5 Å². The largest absolute Gasteiger partial charge is 0.295 e. The highest BCUT2D eigenvalue weighted by Gasteiger charge is 2.10. The second-order valence-corrected chi connectivity index (χ2v) is 5.61. The lowest BCUT2D eigenvalue weighted by Gasteiger charge is -2.08. The Morgan fingerprint density at radius 3 is 2.78 bits per heavy atom. The zero-order valence-corrected chi connectivity index (χ0v) is 13.5. The molecule has 1 aromatic carbocycles. The SMILES string of the molecule is COOSc1ncc2cc(Cc3ccccc3)c(=O)n(C)c2n1. The van der Waals surface area contributed by atoms with Gasteiger partial charge in [-0.15, -0.1) is 0 Å². The fourth-order valence-corrected chi connectivity index (χ4v) is 2.69. The number of rotatable bonds is 5. The summed E-state index contributed by atoms with van der Waals surface area (Å²) >= 11 is 0.897. The maximum atomic E-state index is 12.6. The van der Waals surface area contributed by atoms with Gasteiger partial charge < -0.3 is 0 Å². The van der Waals surface area contributed by atoms with E-state index in [2.05, 4.69) is 14.9 Å². The van der Waals surface area contributed by atoms with Gasteiger partial charge in [0.15, 0.2) is 0 Å². The first kappa shape index (κ1) is 15.7. The second kappa shape index (κ2) is 6.91. The van der Waals surface area contributed by atoms with Gasteiger partial charge in [0.05, 0.1) is 7.11 Å². The van der Waals surface area contributed by atoms with Crippen LogP contribution in [0.4, 0.5) is 0 Å². The quantitative estimate of drug-likeness (QED) is 0.310. The molecule has 0 fully saturated rings. The topological polar surface area (TPSA) is 66.2 Å². The van der Waals surface area contributed by atoms with Crippen LogP contribution in [0, 0.1) is 0 Å². The van der Waals surface area contributed by atoms with Crippen molar-refractivity contribution in [3.05, 3.63) is 64.1 Å². The molecule has 0 spiro atoms. The van der Waals surface area contributed by atoms with Gasteiger partial charge in [-0.2, -0.15) is 4.33 Å². The second-order valence-electron chi connectivity index (χ2n) is 4.95. The van der Waals surface area contributed by atoms with Gasteiger partial charge in [-0.25, -0.2) is 14.9 Å². The molecule has 2 heterocycles. The minimum absolute atomic E-state index is 0.0661. The molecule has 0 bridgehead atoms. The Hall–Kier alpha value is -2.22. The molecule has 118 valence electrons. The van der Waals surface area contributed by atoms with E-state index in [1.807, 2.05) is 36.4 Å². The predicted octanol–water partition coefficient (Wildman–Crippen LogP) is 2.50. The number of benzene rings is 1. The molecule has 0 saturated carbocycles. The van der Waals surface area contributed by atoms with E-state index in [1.165, 1.54) is 11.7 Å². The Labute approximate surface area is 137 Å². The van der Waals surface area contributed by atoms with Crippen LogP contribution in [0.5, 0.6) is 0 Å². The summed E-state index contributed by atoms with van der Waals surface area (Å²) in [4.78, 5) is 25.6. The number of aryl methyl sites for hydroxylation is 1. The van der Waals surface area contributed by atoms with E-state index in [0.29, 0.717) is 22.8 Å². The minimum Gasteiger partial charge on any atom is -0.295 e. The molecule has 0 aliphatic rings. The Morgan fingerprint density at radius 1 is 1.26 bits per heavy atom. The first-order chi connectivity index (χ1) is 11.2. The van der Waals surface area contributed by atoms with Crippen LogP contribution < -0.4 is 5.56 Å². The fourth-order valence-electron chi connectivity index (χ4n) is 2.35. The summed E-state index contributed by atoms with van der Waals surface area (Å²) in [7, 11) is 3.11. The normalized spacial score (nSPS) is 11.0. The Kier molecular flexibility index (Phi) is 4.71. The van der Waals surface area contributed by atoms with E-state index >= 15 is 0 Å². The van der Waals surface area contributed by atoms with Crippen molar-refractivity contribution in [2.24, 2.45) is 7.05 Å². The summed E-state index contributed by atoms with van der Waals surface area (Å²) in [6.45, 7) is 0. The van der Waals surface area contributed by atoms with Gasteiger partial charge >= 0.3 is 0 Å². The van der Waals surface area contributed by atoms with E-state index in [0.717, 1.165) is 23.0 Å². The molecule has 0 aliphatic heterocycles. The predicted molar refractivity (Wildman–Crippen MR) is 88.0 cm³/mol. The highest BCUT2D eigenvalue weighted by Crippen LogP contribution is 2.18. The average Bonchev–Trinajstić information content (AvgIpc) is 2.59. The van der Waals surface area contributed by atoms with Crippen molar-refractivity contribution < 1.29 is 9.22 Å². The highest BCUT2D eigenvalue weighted by molar-refractivity contribution is 7.94. The molecule has 23 heavy (non-hydrogen) atoms. The van der Waals surface area contributed by atoms with E-state index in [1.54, 1.807) is 13.2 Å². The number of fused-ring (bicyclic) bond motifs is 1.